The van der Waals surface area contributed by atoms with Crippen LogP contribution in [0.4, 0.5) is 9.80 Å². The molecule has 0 aliphatic carbocycles. The predicted octanol–water partition coefficient (Wildman–Crippen LogP) is 2.64. The lowest BCUT2D eigenvalue weighted by Gasteiger charge is -2.34. The van der Waals surface area contributed by atoms with Gasteiger partial charge < -0.3 is 15.5 Å². The van der Waals surface area contributed by atoms with Crippen molar-refractivity contribution in [3.8, 4) is 0 Å². The number of imide groups is 1. The summed E-state index contributed by atoms with van der Waals surface area (Å²) in [5.41, 5.74) is 1.08. The third-order valence-corrected chi connectivity index (χ3v) is 9.98. The van der Waals surface area contributed by atoms with E-state index in [0.29, 0.717) is 38.2 Å². The second-order valence-electron chi connectivity index (χ2n) is 10.2. The minimum Gasteiger partial charge on any atom is -0.341 e. The molecule has 2 aliphatic rings. The summed E-state index contributed by atoms with van der Waals surface area (Å²) in [4.78, 5) is 52.4. The number of nitrogens with zero attached hydrogens (tertiary/aromatic N) is 2. The molecule has 3 N–H and O–H groups in total. The molecule has 2 aromatic rings. The molecule has 1 saturated heterocycles. The number of amides is 5. The minimum atomic E-state index is -3.69. The third-order valence-electron chi connectivity index (χ3n) is 7.00. The number of hydrogen-bond acceptors (Lipinski definition) is 7. The highest BCUT2D eigenvalue weighted by Crippen LogP contribution is 2.37. The monoisotopic (exact) mass is 575 g/mol. The van der Waals surface area contributed by atoms with Crippen LogP contribution in [0.15, 0.2) is 29.2 Å². The first-order valence-electron chi connectivity index (χ1n) is 12.7. The third kappa shape index (κ3) is 6.15. The second kappa shape index (κ2) is 11.4. The van der Waals surface area contributed by atoms with E-state index < -0.39 is 27.9 Å². The van der Waals surface area contributed by atoms with Gasteiger partial charge in [-0.15, -0.1) is 11.3 Å². The Morgan fingerprint density at radius 1 is 1.00 bits per heavy atom. The van der Waals surface area contributed by atoms with Gasteiger partial charge in [-0.2, -0.15) is 4.31 Å². The molecule has 2 unspecified atom stereocenters. The van der Waals surface area contributed by atoms with Gasteiger partial charge in [0.05, 0.1) is 17.0 Å². The summed E-state index contributed by atoms with van der Waals surface area (Å²) in [6, 6.07) is 5.02. The second-order valence-corrected chi connectivity index (χ2v) is 13.2. The molecule has 2 atom stereocenters. The number of nitrogens with one attached hydrogen (secondary N) is 3. The van der Waals surface area contributed by atoms with Crippen molar-refractivity contribution in [1.82, 2.24) is 19.8 Å². The molecule has 4 rings (SSSR count). The van der Waals surface area contributed by atoms with Crippen LogP contribution in [0.25, 0.3) is 0 Å². The number of urea groups is 1. The van der Waals surface area contributed by atoms with Crippen LogP contribution in [-0.2, 0) is 27.8 Å². The molecule has 210 valence electrons. The zero-order chi connectivity index (χ0) is 28.5. The quantitative estimate of drug-likeness (QED) is 0.500. The van der Waals surface area contributed by atoms with Gasteiger partial charge in [-0.3, -0.25) is 19.7 Å². The first-order chi connectivity index (χ1) is 18.4. The van der Waals surface area contributed by atoms with E-state index in [-0.39, 0.29) is 38.8 Å². The zero-order valence-corrected chi connectivity index (χ0v) is 24.0. The van der Waals surface area contributed by atoms with E-state index >= 15 is 0 Å². The van der Waals surface area contributed by atoms with Crippen molar-refractivity contribution in [1.29, 1.82) is 0 Å². The van der Waals surface area contributed by atoms with Gasteiger partial charge in [0.1, 0.15) is 5.00 Å². The summed E-state index contributed by atoms with van der Waals surface area (Å²) in [6.07, 6.45) is 1.38. The fraction of sp³-hybridized carbons (Fsp3) is 0.462. The maximum atomic E-state index is 13.2. The molecule has 39 heavy (non-hydrogen) atoms. The average Bonchev–Trinajstić information content (AvgIpc) is 3.25. The van der Waals surface area contributed by atoms with Gasteiger partial charge in [-0.05, 0) is 54.5 Å². The lowest BCUT2D eigenvalue weighted by Crippen LogP contribution is -2.42. The Bertz CT molecular complexity index is 1390. The molecule has 0 spiro atoms. The Morgan fingerprint density at radius 3 is 2.23 bits per heavy atom. The lowest BCUT2D eigenvalue weighted by molar-refractivity contribution is -0.129. The molecule has 2 aliphatic heterocycles. The molecular formula is C26H33N5O6S2. The maximum absolute atomic E-state index is 13.2. The van der Waals surface area contributed by atoms with Crippen LogP contribution >= 0.6 is 11.3 Å². The SMILES string of the molecule is CNC(=O)NC(=O)c1c(NC(=O)c2ccc(S(=O)(=O)N3CC(C)CC(C)C3)cc2)sc2c1CCN(C(C)=O)C2. The lowest BCUT2D eigenvalue weighted by atomic mass is 9.94. The van der Waals surface area contributed by atoms with Crippen molar-refractivity contribution in [2.45, 2.75) is 45.1 Å². The normalized spacial score (nSPS) is 19.6. The Hall–Kier alpha value is -3.29. The summed E-state index contributed by atoms with van der Waals surface area (Å²) in [6.45, 7) is 7.17. The largest absolute Gasteiger partial charge is 0.341 e. The topological polar surface area (TPSA) is 145 Å². The number of benzene rings is 1. The number of fused-ring (bicyclic) bond motifs is 1. The fourth-order valence-corrected chi connectivity index (χ4v) is 8.07. The fourth-order valence-electron chi connectivity index (χ4n) is 5.13. The Morgan fingerprint density at radius 2 is 1.64 bits per heavy atom. The van der Waals surface area contributed by atoms with E-state index in [0.717, 1.165) is 11.3 Å². The van der Waals surface area contributed by atoms with E-state index in [1.807, 2.05) is 13.8 Å². The number of anilines is 1. The highest BCUT2D eigenvalue weighted by Gasteiger charge is 2.33. The summed E-state index contributed by atoms with van der Waals surface area (Å²) in [5.74, 6) is -0.760. The van der Waals surface area contributed by atoms with Crippen LogP contribution in [-0.4, -0.2) is 68.1 Å². The van der Waals surface area contributed by atoms with Crippen molar-refractivity contribution < 1.29 is 27.6 Å². The summed E-state index contributed by atoms with van der Waals surface area (Å²) in [7, 11) is -2.31. The Labute approximate surface area is 232 Å². The summed E-state index contributed by atoms with van der Waals surface area (Å²) in [5, 5.41) is 7.59. The highest BCUT2D eigenvalue weighted by atomic mass is 32.2. The van der Waals surface area contributed by atoms with Gasteiger partial charge >= 0.3 is 6.03 Å². The Kier molecular flexibility index (Phi) is 8.42. The van der Waals surface area contributed by atoms with Crippen molar-refractivity contribution in [2.24, 2.45) is 11.8 Å². The molecular weight excluding hydrogens is 542 g/mol. The van der Waals surface area contributed by atoms with Crippen molar-refractivity contribution >= 4 is 50.1 Å². The first-order valence-corrected chi connectivity index (χ1v) is 15.0. The van der Waals surface area contributed by atoms with Gasteiger partial charge in [-0.25, -0.2) is 13.2 Å². The van der Waals surface area contributed by atoms with Gasteiger partial charge in [0.15, 0.2) is 0 Å². The van der Waals surface area contributed by atoms with Crippen molar-refractivity contribution in [3.05, 3.63) is 45.8 Å². The minimum absolute atomic E-state index is 0.0977. The first kappa shape index (κ1) is 28.7. The van der Waals surface area contributed by atoms with E-state index in [4.69, 9.17) is 0 Å². The van der Waals surface area contributed by atoms with Gasteiger partial charge in [0.25, 0.3) is 11.8 Å². The molecule has 1 aromatic carbocycles. The van der Waals surface area contributed by atoms with Gasteiger partial charge in [0.2, 0.25) is 15.9 Å². The number of hydrogen-bond donors (Lipinski definition) is 3. The summed E-state index contributed by atoms with van der Waals surface area (Å²) >= 11 is 1.17. The van der Waals surface area contributed by atoms with E-state index in [1.54, 1.807) is 4.90 Å². The molecule has 1 fully saturated rings. The van der Waals surface area contributed by atoms with Crippen LogP contribution in [0.1, 0.15) is 58.3 Å². The van der Waals surface area contributed by atoms with E-state index in [2.05, 4.69) is 16.0 Å². The molecule has 1 aromatic heterocycles. The molecule has 0 saturated carbocycles. The maximum Gasteiger partial charge on any atom is 0.321 e. The van der Waals surface area contributed by atoms with Crippen LogP contribution in [0, 0.1) is 11.8 Å². The molecule has 3 heterocycles. The predicted molar refractivity (Wildman–Crippen MR) is 147 cm³/mol. The highest BCUT2D eigenvalue weighted by molar-refractivity contribution is 7.89. The molecule has 0 radical (unpaired) electrons. The van der Waals surface area contributed by atoms with E-state index in [1.165, 1.54) is 53.9 Å². The summed E-state index contributed by atoms with van der Waals surface area (Å²) < 4.78 is 27.9. The van der Waals surface area contributed by atoms with Gasteiger partial charge in [0, 0.05) is 44.0 Å². The average molecular weight is 576 g/mol. The van der Waals surface area contributed by atoms with Crippen molar-refractivity contribution in [3.63, 3.8) is 0 Å². The Balaban J connectivity index is 1.57. The number of piperidine rings is 1. The van der Waals surface area contributed by atoms with Crippen LogP contribution in [0.2, 0.25) is 0 Å². The van der Waals surface area contributed by atoms with Crippen LogP contribution in [0.3, 0.4) is 0 Å². The zero-order valence-electron chi connectivity index (χ0n) is 22.4. The molecule has 11 nitrogen and oxygen atoms in total. The van der Waals surface area contributed by atoms with Crippen molar-refractivity contribution in [2.75, 3.05) is 32.0 Å². The molecule has 13 heteroatoms. The number of thiophene rings is 1. The standard InChI is InChI=1S/C26H33N5O6S2/c1-15-11-16(2)13-31(12-15)39(36,37)19-7-5-18(6-8-19)23(33)28-25-22(24(34)29-26(35)27-4)20-9-10-30(17(3)32)14-21(20)38-25/h5-8,15-16H,9-14H2,1-4H3,(H,28,33)(H2,27,29,34,35). The van der Waals surface area contributed by atoms with E-state index in [9.17, 15) is 27.6 Å². The van der Waals surface area contributed by atoms with Crippen LogP contribution in [0.5, 0.6) is 0 Å². The van der Waals surface area contributed by atoms with Crippen LogP contribution < -0.4 is 16.0 Å². The smallest absolute Gasteiger partial charge is 0.321 e. The van der Waals surface area contributed by atoms with Gasteiger partial charge in [-0.1, -0.05) is 13.8 Å². The number of carbonyl (C=O) groups is 4. The number of carbonyl (C=O) groups excluding carboxylic acids is 4. The molecule has 0 bridgehead atoms. The molecule has 5 amide bonds. The number of sulfonamides is 1. The number of rotatable bonds is 5.